The fourth-order valence-corrected chi connectivity index (χ4v) is 3.50. The molecular formula is C16H17NO7. The zero-order valence-corrected chi connectivity index (χ0v) is 12.9. The molecule has 3 N–H and O–H groups in total. The molecule has 0 bridgehead atoms. The fourth-order valence-electron chi connectivity index (χ4n) is 3.50. The number of aliphatic hydroxyl groups is 3. The van der Waals surface area contributed by atoms with Crippen molar-refractivity contribution in [1.82, 2.24) is 4.73 Å². The van der Waals surface area contributed by atoms with E-state index >= 15 is 0 Å². The van der Waals surface area contributed by atoms with Crippen molar-refractivity contribution >= 4 is 16.9 Å². The molecule has 8 heteroatoms. The van der Waals surface area contributed by atoms with Crippen molar-refractivity contribution in [3.63, 3.8) is 0 Å². The minimum atomic E-state index is -2.32. The van der Waals surface area contributed by atoms with E-state index in [9.17, 15) is 20.1 Å². The molecule has 2 aliphatic rings. The molecule has 8 nitrogen and oxygen atoms in total. The van der Waals surface area contributed by atoms with Gasteiger partial charge < -0.3 is 29.6 Å². The Bertz CT molecular complexity index is 818. The van der Waals surface area contributed by atoms with Crippen molar-refractivity contribution in [2.45, 2.75) is 30.0 Å². The van der Waals surface area contributed by atoms with Gasteiger partial charge in [-0.25, -0.2) is 4.79 Å². The molecule has 1 unspecified atom stereocenters. The van der Waals surface area contributed by atoms with Gasteiger partial charge in [0, 0.05) is 18.0 Å². The summed E-state index contributed by atoms with van der Waals surface area (Å²) >= 11 is 0. The van der Waals surface area contributed by atoms with Crippen LogP contribution in [0.4, 0.5) is 0 Å². The fraction of sp³-hybridized carbons (Fsp3) is 0.438. The summed E-state index contributed by atoms with van der Waals surface area (Å²) in [6.45, 7) is -0.226. The second-order valence-corrected chi connectivity index (χ2v) is 6.12. The molecule has 0 aliphatic carbocycles. The molecule has 1 aromatic carbocycles. The Morgan fingerprint density at radius 3 is 2.88 bits per heavy atom. The van der Waals surface area contributed by atoms with E-state index < -0.39 is 29.6 Å². The number of rotatable bonds is 3. The Morgan fingerprint density at radius 1 is 1.38 bits per heavy atom. The highest BCUT2D eigenvalue weighted by molar-refractivity contribution is 5.88. The average Bonchev–Trinajstić information content (AvgIpc) is 3.14. The monoisotopic (exact) mass is 335 g/mol. The molecular weight excluding hydrogens is 318 g/mol. The number of carbonyl (C=O) groups is 1. The van der Waals surface area contributed by atoms with E-state index in [2.05, 4.69) is 0 Å². The van der Waals surface area contributed by atoms with Gasteiger partial charge in [0.05, 0.1) is 12.1 Å². The Labute approximate surface area is 136 Å². The van der Waals surface area contributed by atoms with Crippen LogP contribution in [-0.2, 0) is 20.7 Å². The van der Waals surface area contributed by atoms with Crippen molar-refractivity contribution in [3.8, 4) is 0 Å². The van der Waals surface area contributed by atoms with Crippen LogP contribution in [0.1, 0.15) is 5.56 Å². The quantitative estimate of drug-likeness (QED) is 0.616. The number of para-hydroxylation sites is 1. The standard InChI is InChI=1S/C16H17NO7/c1-22-17-7-9(10-4-2-3-5-11(10)17)6-15(20)14(19)24-13-12(18)8-23-16(13,15)21/h2-5,7,12-13,18,20-21H,6,8H2,1H3/t12-,13?,15-,16+/m1/s1. The van der Waals surface area contributed by atoms with Gasteiger partial charge in [0.1, 0.15) is 13.2 Å². The topological polar surface area (TPSA) is 110 Å². The zero-order valence-electron chi connectivity index (χ0n) is 12.9. The van der Waals surface area contributed by atoms with Crippen LogP contribution in [0.3, 0.4) is 0 Å². The van der Waals surface area contributed by atoms with Crippen LogP contribution in [-0.4, -0.2) is 63.3 Å². The number of hydrogen-bond acceptors (Lipinski definition) is 7. The molecule has 128 valence electrons. The van der Waals surface area contributed by atoms with Gasteiger partial charge in [-0.15, -0.1) is 0 Å². The normalized spacial score (nSPS) is 35.2. The minimum Gasteiger partial charge on any atom is -0.451 e. The number of hydrogen-bond donors (Lipinski definition) is 3. The SMILES string of the molecule is COn1cc(C[C@@]2(O)C(=O)OC3[C@H](O)CO[C@@]32O)c2ccccc21. The van der Waals surface area contributed by atoms with Crippen molar-refractivity contribution in [1.29, 1.82) is 0 Å². The summed E-state index contributed by atoms with van der Waals surface area (Å²) in [5.41, 5.74) is -0.996. The van der Waals surface area contributed by atoms with Crippen molar-refractivity contribution in [2.75, 3.05) is 13.7 Å². The molecule has 1 aromatic heterocycles. The first kappa shape index (κ1) is 15.4. The lowest BCUT2D eigenvalue weighted by atomic mass is 9.85. The molecule has 0 spiro atoms. The summed E-state index contributed by atoms with van der Waals surface area (Å²) in [6.07, 6.45) is -1.13. The summed E-state index contributed by atoms with van der Waals surface area (Å²) in [6, 6.07) is 7.29. The molecule has 0 amide bonds. The summed E-state index contributed by atoms with van der Waals surface area (Å²) in [4.78, 5) is 17.5. The number of ether oxygens (including phenoxy) is 2. The molecule has 0 radical (unpaired) electrons. The van der Waals surface area contributed by atoms with Gasteiger partial charge in [0.25, 0.3) is 0 Å². The number of esters is 1. The van der Waals surface area contributed by atoms with Crippen molar-refractivity contribution in [3.05, 3.63) is 36.0 Å². The zero-order chi connectivity index (χ0) is 17.1. The molecule has 2 saturated heterocycles. The minimum absolute atomic E-state index is 0.226. The first-order valence-electron chi connectivity index (χ1n) is 7.52. The lowest BCUT2D eigenvalue weighted by Gasteiger charge is -2.31. The van der Waals surface area contributed by atoms with Crippen LogP contribution in [0.5, 0.6) is 0 Å². The number of carbonyl (C=O) groups excluding carboxylic acids is 1. The molecule has 2 aromatic rings. The van der Waals surface area contributed by atoms with Crippen LogP contribution in [0.15, 0.2) is 30.5 Å². The number of aliphatic hydroxyl groups excluding tert-OH is 1. The molecule has 3 heterocycles. The third kappa shape index (κ3) is 1.79. The maximum atomic E-state index is 12.2. The highest BCUT2D eigenvalue weighted by Gasteiger charge is 2.73. The van der Waals surface area contributed by atoms with Crippen LogP contribution in [0.25, 0.3) is 10.9 Å². The van der Waals surface area contributed by atoms with E-state index in [1.807, 2.05) is 24.3 Å². The van der Waals surface area contributed by atoms with Gasteiger partial charge in [-0.05, 0) is 11.6 Å². The maximum absolute atomic E-state index is 12.2. The first-order valence-corrected chi connectivity index (χ1v) is 7.52. The first-order chi connectivity index (χ1) is 11.4. The van der Waals surface area contributed by atoms with Gasteiger partial charge in [-0.2, -0.15) is 4.73 Å². The van der Waals surface area contributed by atoms with Crippen LogP contribution in [0, 0.1) is 0 Å². The number of benzene rings is 1. The molecule has 24 heavy (non-hydrogen) atoms. The lowest BCUT2D eigenvalue weighted by Crippen LogP contribution is -2.59. The van der Waals surface area contributed by atoms with E-state index in [1.165, 1.54) is 11.8 Å². The summed E-state index contributed by atoms with van der Waals surface area (Å²) in [7, 11) is 1.49. The Hall–Kier alpha value is -2.13. The lowest BCUT2D eigenvalue weighted by molar-refractivity contribution is -0.262. The third-order valence-electron chi connectivity index (χ3n) is 4.78. The van der Waals surface area contributed by atoms with Gasteiger partial charge >= 0.3 is 5.97 Å². The third-order valence-corrected chi connectivity index (χ3v) is 4.78. The van der Waals surface area contributed by atoms with Gasteiger partial charge in [0.15, 0.2) is 6.10 Å². The summed E-state index contributed by atoms with van der Waals surface area (Å²) in [5, 5.41) is 32.1. The van der Waals surface area contributed by atoms with E-state index in [4.69, 9.17) is 14.3 Å². The van der Waals surface area contributed by atoms with E-state index in [0.29, 0.717) is 5.56 Å². The van der Waals surface area contributed by atoms with Crippen LogP contribution < -0.4 is 4.84 Å². The molecule has 4 atom stereocenters. The highest BCUT2D eigenvalue weighted by atomic mass is 16.7. The molecule has 4 rings (SSSR count). The average molecular weight is 335 g/mol. The van der Waals surface area contributed by atoms with E-state index in [0.717, 1.165) is 10.9 Å². The number of fused-ring (bicyclic) bond motifs is 2. The Balaban J connectivity index is 1.79. The molecule has 2 fully saturated rings. The smallest absolute Gasteiger partial charge is 0.344 e. The maximum Gasteiger partial charge on any atom is 0.344 e. The second-order valence-electron chi connectivity index (χ2n) is 6.12. The highest BCUT2D eigenvalue weighted by Crippen LogP contribution is 2.45. The Kier molecular flexibility index (Phi) is 3.17. The summed E-state index contributed by atoms with van der Waals surface area (Å²) in [5.74, 6) is -3.32. The summed E-state index contributed by atoms with van der Waals surface area (Å²) < 4.78 is 11.6. The van der Waals surface area contributed by atoms with Gasteiger partial charge in [-0.3, -0.25) is 0 Å². The number of nitrogens with zero attached hydrogens (tertiary/aromatic N) is 1. The van der Waals surface area contributed by atoms with Gasteiger partial charge in [0.2, 0.25) is 11.4 Å². The predicted molar refractivity (Wildman–Crippen MR) is 79.9 cm³/mol. The Morgan fingerprint density at radius 2 is 2.12 bits per heavy atom. The second kappa shape index (κ2) is 4.93. The number of aromatic nitrogens is 1. The van der Waals surface area contributed by atoms with E-state index in [1.54, 1.807) is 6.20 Å². The largest absolute Gasteiger partial charge is 0.451 e. The van der Waals surface area contributed by atoms with E-state index in [-0.39, 0.29) is 13.0 Å². The van der Waals surface area contributed by atoms with Crippen LogP contribution in [0.2, 0.25) is 0 Å². The molecule has 0 saturated carbocycles. The van der Waals surface area contributed by atoms with Crippen molar-refractivity contribution in [2.24, 2.45) is 0 Å². The van der Waals surface area contributed by atoms with Crippen molar-refractivity contribution < 1.29 is 34.4 Å². The molecule has 2 aliphatic heterocycles. The van der Waals surface area contributed by atoms with Crippen LogP contribution >= 0.6 is 0 Å². The van der Waals surface area contributed by atoms with Gasteiger partial charge in [-0.1, -0.05) is 18.2 Å². The predicted octanol–water partition coefficient (Wildman–Crippen LogP) is -1.02.